The molecular weight excluding hydrogens is 400 g/mol. The van der Waals surface area contributed by atoms with Crippen molar-refractivity contribution in [1.29, 1.82) is 0 Å². The minimum Gasteiger partial charge on any atom is -0.488 e. The van der Waals surface area contributed by atoms with Crippen LogP contribution >= 0.6 is 0 Å². The normalized spacial score (nSPS) is 22.0. The van der Waals surface area contributed by atoms with Crippen LogP contribution in [0, 0.1) is 5.92 Å². The van der Waals surface area contributed by atoms with Gasteiger partial charge in [0, 0.05) is 31.9 Å². The highest BCUT2D eigenvalue weighted by Gasteiger charge is 2.35. The molecule has 3 heterocycles. The topological polar surface area (TPSA) is 115 Å². The number of likely N-dealkylation sites (tertiary alicyclic amines) is 2. The van der Waals surface area contributed by atoms with E-state index in [4.69, 9.17) is 15.2 Å². The lowest BCUT2D eigenvalue weighted by Gasteiger charge is -2.38. The van der Waals surface area contributed by atoms with Gasteiger partial charge in [-0.2, -0.15) is 0 Å². The summed E-state index contributed by atoms with van der Waals surface area (Å²) in [6.45, 7) is 7.62. The van der Waals surface area contributed by atoms with Crippen molar-refractivity contribution >= 4 is 17.9 Å². The number of hydrogen-bond donors (Lipinski definition) is 1. The van der Waals surface area contributed by atoms with Gasteiger partial charge in [-0.05, 0) is 52.5 Å². The Kier molecular flexibility index (Phi) is 7.02. The number of rotatable bonds is 4. The van der Waals surface area contributed by atoms with Crippen molar-refractivity contribution in [1.82, 2.24) is 14.8 Å². The van der Waals surface area contributed by atoms with Crippen molar-refractivity contribution in [2.24, 2.45) is 11.7 Å². The summed E-state index contributed by atoms with van der Waals surface area (Å²) in [6, 6.07) is 3.19. The fourth-order valence-electron chi connectivity index (χ4n) is 3.98. The van der Waals surface area contributed by atoms with Gasteiger partial charge in [-0.3, -0.25) is 14.6 Å². The van der Waals surface area contributed by atoms with Gasteiger partial charge in [-0.1, -0.05) is 0 Å². The lowest BCUT2D eigenvalue weighted by molar-refractivity contribution is -0.139. The molecule has 2 aliphatic heterocycles. The summed E-state index contributed by atoms with van der Waals surface area (Å²) in [5.74, 6) is -0.286. The van der Waals surface area contributed by atoms with Gasteiger partial charge in [-0.25, -0.2) is 4.79 Å². The molecule has 2 aliphatic rings. The van der Waals surface area contributed by atoms with Gasteiger partial charge in [0.2, 0.25) is 5.91 Å². The minimum atomic E-state index is -0.613. The molecule has 0 aliphatic carbocycles. The van der Waals surface area contributed by atoms with Crippen LogP contribution in [0.2, 0.25) is 0 Å². The van der Waals surface area contributed by atoms with Crippen LogP contribution in [0.5, 0.6) is 5.75 Å². The lowest BCUT2D eigenvalue weighted by Crippen LogP contribution is -2.51. The van der Waals surface area contributed by atoms with E-state index in [0.717, 1.165) is 25.7 Å². The van der Waals surface area contributed by atoms with E-state index >= 15 is 0 Å². The molecule has 9 heteroatoms. The Bertz CT molecular complexity index is 822. The van der Waals surface area contributed by atoms with Crippen molar-refractivity contribution in [2.45, 2.75) is 58.2 Å². The molecule has 170 valence electrons. The number of primary amides is 1. The Morgan fingerprint density at radius 2 is 1.81 bits per heavy atom. The zero-order chi connectivity index (χ0) is 22.6. The Labute approximate surface area is 182 Å². The quantitative estimate of drug-likeness (QED) is 0.780. The zero-order valence-electron chi connectivity index (χ0n) is 18.5. The van der Waals surface area contributed by atoms with Crippen molar-refractivity contribution in [3.63, 3.8) is 0 Å². The summed E-state index contributed by atoms with van der Waals surface area (Å²) in [6.07, 6.45) is 4.11. The van der Waals surface area contributed by atoms with E-state index < -0.39 is 11.5 Å². The molecule has 31 heavy (non-hydrogen) atoms. The number of aromatic nitrogens is 1. The molecule has 0 saturated carbocycles. The van der Waals surface area contributed by atoms with Gasteiger partial charge in [-0.15, -0.1) is 0 Å². The minimum absolute atomic E-state index is 0.0501. The molecule has 2 saturated heterocycles. The van der Waals surface area contributed by atoms with Crippen LogP contribution in [0.25, 0.3) is 0 Å². The zero-order valence-corrected chi connectivity index (χ0v) is 18.5. The van der Waals surface area contributed by atoms with Crippen LogP contribution < -0.4 is 10.5 Å². The third-order valence-corrected chi connectivity index (χ3v) is 5.40. The molecular formula is C22H32N4O5. The number of nitrogens with two attached hydrogens (primary N) is 1. The monoisotopic (exact) mass is 432 g/mol. The Hall–Kier alpha value is -2.84. The number of pyridine rings is 1. The van der Waals surface area contributed by atoms with E-state index in [0.29, 0.717) is 31.9 Å². The van der Waals surface area contributed by atoms with E-state index in [-0.39, 0.29) is 29.7 Å². The molecule has 0 aromatic carbocycles. The molecule has 9 nitrogen and oxygen atoms in total. The Morgan fingerprint density at radius 3 is 2.52 bits per heavy atom. The predicted molar refractivity (Wildman–Crippen MR) is 114 cm³/mol. The molecule has 2 atom stereocenters. The second kappa shape index (κ2) is 9.53. The molecule has 2 unspecified atom stereocenters. The number of piperidine rings is 2. The highest BCUT2D eigenvalue weighted by molar-refractivity contribution is 5.91. The van der Waals surface area contributed by atoms with Gasteiger partial charge >= 0.3 is 6.09 Å². The van der Waals surface area contributed by atoms with E-state index in [1.807, 2.05) is 25.7 Å². The van der Waals surface area contributed by atoms with Gasteiger partial charge in [0.05, 0.1) is 12.5 Å². The maximum Gasteiger partial charge on any atom is 0.410 e. The maximum absolute atomic E-state index is 13.2. The second-order valence-electron chi connectivity index (χ2n) is 9.17. The Morgan fingerprint density at radius 1 is 1.10 bits per heavy atom. The molecule has 2 fully saturated rings. The average Bonchev–Trinajstić information content (AvgIpc) is 2.72. The third-order valence-electron chi connectivity index (χ3n) is 5.40. The highest BCUT2D eigenvalue weighted by Crippen LogP contribution is 2.24. The SMILES string of the molecule is CC(C)(C)OC(=O)N1CCCC(C(=O)N2CCCC(Oc3ccnc(C(N)=O)c3)C2)C1. The first-order chi connectivity index (χ1) is 14.6. The van der Waals surface area contributed by atoms with Crippen LogP contribution in [-0.2, 0) is 9.53 Å². The number of hydrogen-bond acceptors (Lipinski definition) is 6. The number of nitrogens with zero attached hydrogens (tertiary/aromatic N) is 3. The smallest absolute Gasteiger partial charge is 0.410 e. The first-order valence-electron chi connectivity index (χ1n) is 10.8. The summed E-state index contributed by atoms with van der Waals surface area (Å²) < 4.78 is 11.5. The summed E-state index contributed by atoms with van der Waals surface area (Å²) in [5, 5.41) is 0. The highest BCUT2D eigenvalue weighted by atomic mass is 16.6. The van der Waals surface area contributed by atoms with Gasteiger partial charge in [0.1, 0.15) is 23.1 Å². The van der Waals surface area contributed by atoms with Crippen LogP contribution in [-0.4, -0.2) is 70.6 Å². The number of carbonyl (C=O) groups excluding carboxylic acids is 3. The van der Waals surface area contributed by atoms with E-state index in [2.05, 4.69) is 4.98 Å². The average molecular weight is 433 g/mol. The van der Waals surface area contributed by atoms with Crippen molar-refractivity contribution in [3.05, 3.63) is 24.0 Å². The summed E-state index contributed by atoms with van der Waals surface area (Å²) in [7, 11) is 0. The lowest BCUT2D eigenvalue weighted by atomic mass is 9.95. The maximum atomic E-state index is 13.2. The van der Waals surface area contributed by atoms with Crippen molar-refractivity contribution in [2.75, 3.05) is 26.2 Å². The van der Waals surface area contributed by atoms with Crippen LogP contribution in [0.3, 0.4) is 0 Å². The first kappa shape index (κ1) is 22.8. The molecule has 1 aromatic rings. The molecule has 0 bridgehead atoms. The Balaban J connectivity index is 1.58. The molecule has 1 aromatic heterocycles. The summed E-state index contributed by atoms with van der Waals surface area (Å²) in [4.78, 5) is 44.3. The van der Waals surface area contributed by atoms with Crippen molar-refractivity contribution < 1.29 is 23.9 Å². The number of carbonyl (C=O) groups is 3. The standard InChI is InChI=1S/C22H32N4O5/c1-22(2,3)31-21(29)26-11-4-6-15(13-26)20(28)25-10-5-7-17(14-25)30-16-8-9-24-18(12-16)19(23)27/h8-9,12,15,17H,4-7,10-11,13-14H2,1-3H3,(H2,23,27). The van der Waals surface area contributed by atoms with Gasteiger partial charge in [0.15, 0.2) is 0 Å². The third kappa shape index (κ3) is 6.32. The molecule has 3 amide bonds. The number of ether oxygens (including phenoxy) is 2. The van der Waals surface area contributed by atoms with E-state index in [9.17, 15) is 14.4 Å². The molecule has 0 radical (unpaired) electrons. The molecule has 0 spiro atoms. The molecule has 3 rings (SSSR count). The summed E-state index contributed by atoms with van der Waals surface area (Å²) >= 11 is 0. The van der Waals surface area contributed by atoms with Crippen molar-refractivity contribution in [3.8, 4) is 5.75 Å². The van der Waals surface area contributed by atoms with Gasteiger partial charge < -0.3 is 25.0 Å². The second-order valence-corrected chi connectivity index (χ2v) is 9.17. The number of amides is 3. The fourth-order valence-corrected chi connectivity index (χ4v) is 3.98. The fraction of sp³-hybridized carbons (Fsp3) is 0.636. The van der Waals surface area contributed by atoms with Crippen LogP contribution in [0.15, 0.2) is 18.3 Å². The van der Waals surface area contributed by atoms with Crippen LogP contribution in [0.4, 0.5) is 4.79 Å². The van der Waals surface area contributed by atoms with Gasteiger partial charge in [0.25, 0.3) is 5.91 Å². The van der Waals surface area contributed by atoms with E-state index in [1.165, 1.54) is 12.3 Å². The molecule has 2 N–H and O–H groups in total. The largest absolute Gasteiger partial charge is 0.488 e. The van der Waals surface area contributed by atoms with E-state index in [1.54, 1.807) is 11.0 Å². The first-order valence-corrected chi connectivity index (χ1v) is 10.8. The predicted octanol–water partition coefficient (Wildman–Crippen LogP) is 2.20. The van der Waals surface area contributed by atoms with Crippen LogP contribution in [0.1, 0.15) is 56.9 Å². The summed E-state index contributed by atoms with van der Waals surface area (Å²) in [5.41, 5.74) is 4.86.